The summed E-state index contributed by atoms with van der Waals surface area (Å²) in [7, 11) is 0. The smallest absolute Gasteiger partial charge is 0.333 e. The molecule has 0 atom stereocenters. The van der Waals surface area contributed by atoms with Crippen LogP contribution in [0.4, 0.5) is 0 Å². The fraction of sp³-hybridized carbons (Fsp3) is 0.838. The predicted octanol–water partition coefficient (Wildman–Crippen LogP) is 12.0. The van der Waals surface area contributed by atoms with Crippen LogP contribution >= 0.6 is 0 Å². The van der Waals surface area contributed by atoms with Crippen LogP contribution in [-0.2, 0) is 19.1 Å². The highest BCUT2D eigenvalue weighted by Gasteiger charge is 2.02. The van der Waals surface area contributed by atoms with Crippen LogP contribution in [0.5, 0.6) is 0 Å². The second-order valence-corrected chi connectivity index (χ2v) is 11.8. The number of hydrogen-bond acceptors (Lipinski definition) is 4. The molecule has 0 saturated carbocycles. The summed E-state index contributed by atoms with van der Waals surface area (Å²) < 4.78 is 9.99. The van der Waals surface area contributed by atoms with Crippen molar-refractivity contribution in [3.8, 4) is 0 Å². The summed E-state index contributed by atoms with van der Waals surface area (Å²) in [5.74, 6) is -0.558. The van der Waals surface area contributed by atoms with Crippen LogP contribution in [0.25, 0.3) is 0 Å². The average molecular weight is 579 g/mol. The van der Waals surface area contributed by atoms with E-state index in [1.807, 2.05) is 0 Å². The number of ether oxygens (including phenoxy) is 2. The highest BCUT2D eigenvalue weighted by Crippen LogP contribution is 2.14. The molecule has 0 bridgehead atoms. The van der Waals surface area contributed by atoms with Gasteiger partial charge in [0.1, 0.15) is 0 Å². The molecule has 0 rings (SSSR count). The fourth-order valence-corrected chi connectivity index (χ4v) is 4.76. The summed E-state index contributed by atoms with van der Waals surface area (Å²) in [6.07, 6.45) is 35.9. The minimum absolute atomic E-state index is 0.254. The maximum Gasteiger partial charge on any atom is 0.333 e. The molecule has 0 aliphatic carbocycles. The molecular formula is C37H70O4. The number of carbonyl (C=O) groups excluding carboxylic acids is 2. The second-order valence-electron chi connectivity index (χ2n) is 11.8. The number of hydrogen-bond donors (Lipinski definition) is 0. The Labute approximate surface area is 256 Å². The Bertz CT molecular complexity index is 583. The van der Waals surface area contributed by atoms with E-state index >= 15 is 0 Å². The maximum absolute atomic E-state index is 11.2. The Morgan fingerprint density at radius 3 is 1.02 bits per heavy atom. The minimum atomic E-state index is -0.305. The molecule has 0 aromatic carbocycles. The van der Waals surface area contributed by atoms with Crippen LogP contribution < -0.4 is 0 Å². The van der Waals surface area contributed by atoms with E-state index in [4.69, 9.17) is 9.47 Å². The fourth-order valence-electron chi connectivity index (χ4n) is 4.76. The summed E-state index contributed by atoms with van der Waals surface area (Å²) >= 11 is 0. The number of unbranched alkanes of at least 4 members (excludes halogenated alkanes) is 24. The molecule has 0 heterocycles. The third-order valence-electron chi connectivity index (χ3n) is 7.49. The predicted molar refractivity (Wildman–Crippen MR) is 178 cm³/mol. The normalized spacial score (nSPS) is 10.5. The van der Waals surface area contributed by atoms with Crippen LogP contribution in [0, 0.1) is 0 Å². The third-order valence-corrected chi connectivity index (χ3v) is 7.49. The Kier molecular flexibility index (Phi) is 36.9. The Morgan fingerprint density at radius 1 is 0.488 bits per heavy atom. The molecule has 4 nitrogen and oxygen atoms in total. The van der Waals surface area contributed by atoms with E-state index in [1.165, 1.54) is 160 Å². The lowest BCUT2D eigenvalue weighted by Gasteiger charge is -2.05. The molecule has 0 fully saturated rings. The van der Waals surface area contributed by atoms with Crippen molar-refractivity contribution in [3.63, 3.8) is 0 Å². The Balaban J connectivity index is 0. The van der Waals surface area contributed by atoms with Crippen molar-refractivity contribution >= 4 is 11.9 Å². The molecule has 0 aliphatic rings. The number of rotatable bonds is 30. The van der Waals surface area contributed by atoms with Gasteiger partial charge in [0, 0.05) is 11.6 Å². The van der Waals surface area contributed by atoms with Gasteiger partial charge in [-0.1, -0.05) is 181 Å². The van der Waals surface area contributed by atoms with Gasteiger partial charge in [0.05, 0.1) is 13.2 Å². The highest BCUT2D eigenvalue weighted by molar-refractivity contribution is 5.86. The highest BCUT2D eigenvalue weighted by atomic mass is 16.5. The van der Waals surface area contributed by atoms with Gasteiger partial charge in [0.15, 0.2) is 0 Å². The Morgan fingerprint density at radius 2 is 0.756 bits per heavy atom. The van der Waals surface area contributed by atoms with E-state index in [2.05, 4.69) is 27.0 Å². The SMILES string of the molecule is C=C(C)C(=O)OCCCCCCCCCCCCCCCCCC.C=CC(=O)OCCCCCCCCCCCC. The molecule has 0 aliphatic heterocycles. The van der Waals surface area contributed by atoms with E-state index in [-0.39, 0.29) is 11.9 Å². The van der Waals surface area contributed by atoms with Crippen molar-refractivity contribution in [3.05, 3.63) is 24.8 Å². The molecular weight excluding hydrogens is 508 g/mol. The zero-order valence-electron chi connectivity index (χ0n) is 27.9. The van der Waals surface area contributed by atoms with Crippen LogP contribution in [-0.4, -0.2) is 25.2 Å². The lowest BCUT2D eigenvalue weighted by atomic mass is 10.0. The van der Waals surface area contributed by atoms with Gasteiger partial charge in [-0.15, -0.1) is 0 Å². The van der Waals surface area contributed by atoms with E-state index in [1.54, 1.807) is 6.92 Å². The van der Waals surface area contributed by atoms with Gasteiger partial charge in [-0.3, -0.25) is 0 Å². The molecule has 0 aromatic rings. The van der Waals surface area contributed by atoms with Gasteiger partial charge in [0.2, 0.25) is 0 Å². The monoisotopic (exact) mass is 579 g/mol. The molecule has 242 valence electrons. The summed E-state index contributed by atoms with van der Waals surface area (Å²) in [5.41, 5.74) is 0.492. The van der Waals surface area contributed by atoms with Crippen molar-refractivity contribution in [1.82, 2.24) is 0 Å². The van der Waals surface area contributed by atoms with Crippen molar-refractivity contribution in [2.75, 3.05) is 13.2 Å². The van der Waals surface area contributed by atoms with Gasteiger partial charge in [-0.25, -0.2) is 9.59 Å². The van der Waals surface area contributed by atoms with Gasteiger partial charge in [0.25, 0.3) is 0 Å². The van der Waals surface area contributed by atoms with Gasteiger partial charge in [-0.05, 0) is 19.8 Å². The van der Waals surface area contributed by atoms with Gasteiger partial charge in [-0.2, -0.15) is 0 Å². The second kappa shape index (κ2) is 36.4. The zero-order valence-corrected chi connectivity index (χ0v) is 27.9. The molecule has 0 N–H and O–H groups in total. The summed E-state index contributed by atoms with van der Waals surface area (Å²) in [6, 6.07) is 0. The molecule has 0 unspecified atom stereocenters. The maximum atomic E-state index is 11.2. The largest absolute Gasteiger partial charge is 0.463 e. The zero-order chi connectivity index (χ0) is 30.7. The van der Waals surface area contributed by atoms with Crippen molar-refractivity contribution < 1.29 is 19.1 Å². The molecule has 0 radical (unpaired) electrons. The van der Waals surface area contributed by atoms with Crippen LogP contribution in [0.15, 0.2) is 24.8 Å². The molecule has 0 spiro atoms. The Hall–Kier alpha value is -1.58. The number of carbonyl (C=O) groups is 2. The van der Waals surface area contributed by atoms with E-state index < -0.39 is 0 Å². The third kappa shape index (κ3) is 38.4. The lowest BCUT2D eigenvalue weighted by Crippen LogP contribution is -2.05. The van der Waals surface area contributed by atoms with Crippen molar-refractivity contribution in [2.45, 2.75) is 188 Å². The first-order valence-corrected chi connectivity index (χ1v) is 17.6. The minimum Gasteiger partial charge on any atom is -0.463 e. The van der Waals surface area contributed by atoms with Crippen LogP contribution in [0.3, 0.4) is 0 Å². The number of esters is 2. The average Bonchev–Trinajstić information content (AvgIpc) is 2.97. The van der Waals surface area contributed by atoms with Crippen LogP contribution in [0.2, 0.25) is 0 Å². The van der Waals surface area contributed by atoms with Crippen LogP contribution in [0.1, 0.15) is 188 Å². The van der Waals surface area contributed by atoms with Gasteiger partial charge < -0.3 is 9.47 Å². The standard InChI is InChI=1S/C22H42O2.C15H28O2/c1-4-5-6-7-8-9-10-11-12-13-14-15-16-17-18-19-20-24-22(23)21(2)3;1-3-5-6-7-8-9-10-11-12-13-14-17-15(16)4-2/h2,4-20H2,1,3H3;4H,2-3,5-14H2,1H3. The molecule has 0 saturated heterocycles. The van der Waals surface area contributed by atoms with Crippen molar-refractivity contribution in [1.29, 1.82) is 0 Å². The summed E-state index contributed by atoms with van der Waals surface area (Å²) in [4.78, 5) is 21.9. The van der Waals surface area contributed by atoms with Crippen molar-refractivity contribution in [2.24, 2.45) is 0 Å². The topological polar surface area (TPSA) is 52.6 Å². The molecule has 0 aromatic heterocycles. The van der Waals surface area contributed by atoms with E-state index in [0.717, 1.165) is 12.8 Å². The molecule has 4 heteroatoms. The first-order valence-electron chi connectivity index (χ1n) is 17.6. The molecule has 0 amide bonds. The first-order chi connectivity index (χ1) is 20.0. The quantitative estimate of drug-likeness (QED) is 0.0483. The summed E-state index contributed by atoms with van der Waals surface area (Å²) in [5, 5.41) is 0. The summed E-state index contributed by atoms with van der Waals surface area (Å²) in [6.45, 7) is 14.2. The van der Waals surface area contributed by atoms with E-state index in [9.17, 15) is 9.59 Å². The lowest BCUT2D eigenvalue weighted by molar-refractivity contribution is -0.139. The first kappa shape index (κ1) is 41.6. The van der Waals surface area contributed by atoms with E-state index in [0.29, 0.717) is 18.8 Å². The molecule has 41 heavy (non-hydrogen) atoms. The van der Waals surface area contributed by atoms with Gasteiger partial charge >= 0.3 is 11.9 Å².